The lowest BCUT2D eigenvalue weighted by Crippen LogP contribution is -2.30. The summed E-state index contributed by atoms with van der Waals surface area (Å²) in [5.41, 5.74) is 1.00. The van der Waals surface area contributed by atoms with E-state index in [0.29, 0.717) is 22.9 Å². The van der Waals surface area contributed by atoms with Crippen molar-refractivity contribution in [2.24, 2.45) is 0 Å². The number of thiocarbonyl (C=S) groups is 1. The highest BCUT2D eigenvalue weighted by atomic mass is 32.1. The molecule has 0 unspecified atom stereocenters. The lowest BCUT2D eigenvalue weighted by molar-refractivity contribution is -0.122. The molecule has 1 saturated heterocycles. The van der Waals surface area contributed by atoms with E-state index in [1.807, 2.05) is 6.92 Å². The van der Waals surface area contributed by atoms with Gasteiger partial charge in [0.05, 0.1) is 0 Å². The first-order chi connectivity index (χ1) is 8.11. The van der Waals surface area contributed by atoms with Gasteiger partial charge < -0.3 is 5.32 Å². The summed E-state index contributed by atoms with van der Waals surface area (Å²) in [4.78, 5) is 13.3. The molecule has 0 spiro atoms. The number of nitrogens with one attached hydrogen (secondary N) is 1. The molecular weight excluding hydrogens is 239 g/mol. The van der Waals surface area contributed by atoms with Gasteiger partial charge in [-0.05, 0) is 42.9 Å². The monoisotopic (exact) mass is 250 g/mol. The highest BCUT2D eigenvalue weighted by Crippen LogP contribution is 2.14. The van der Waals surface area contributed by atoms with E-state index in [9.17, 15) is 9.18 Å². The minimum Gasteiger partial charge on any atom is -0.328 e. The van der Waals surface area contributed by atoms with Crippen molar-refractivity contribution in [2.75, 3.05) is 6.54 Å². The van der Waals surface area contributed by atoms with Crippen LogP contribution in [-0.4, -0.2) is 22.5 Å². The zero-order valence-electron chi connectivity index (χ0n) is 9.24. The molecule has 1 amide bonds. The number of likely N-dealkylation sites (N-methyl/N-ethyl adjacent to an activating group) is 1. The Kier molecular flexibility index (Phi) is 3.19. The minimum atomic E-state index is -0.334. The Hall–Kier alpha value is -1.75. The smallest absolute Gasteiger partial charge is 0.276 e. The van der Waals surface area contributed by atoms with Gasteiger partial charge in [-0.15, -0.1) is 0 Å². The maximum atomic E-state index is 13.0. The second kappa shape index (κ2) is 4.63. The van der Waals surface area contributed by atoms with E-state index in [4.69, 9.17) is 12.2 Å². The van der Waals surface area contributed by atoms with E-state index in [1.54, 1.807) is 18.2 Å². The van der Waals surface area contributed by atoms with Crippen LogP contribution in [0.3, 0.4) is 0 Å². The molecule has 0 atom stereocenters. The summed E-state index contributed by atoms with van der Waals surface area (Å²) in [5, 5.41) is 3.21. The molecule has 0 radical (unpaired) electrons. The van der Waals surface area contributed by atoms with Crippen LogP contribution in [-0.2, 0) is 4.79 Å². The standard InChI is InChI=1S/C12H11FN2OS/c1-2-15-11(16)10(14-12(15)17)7-8-4-3-5-9(13)6-8/h3-7H,2H2,1H3,(H,14,17)/b10-7-. The second-order valence-electron chi connectivity index (χ2n) is 3.59. The van der Waals surface area contributed by atoms with Crippen LogP contribution >= 0.6 is 12.2 Å². The van der Waals surface area contributed by atoms with E-state index in [2.05, 4.69) is 5.32 Å². The van der Waals surface area contributed by atoms with Gasteiger partial charge >= 0.3 is 0 Å². The molecule has 1 aliphatic rings. The maximum absolute atomic E-state index is 13.0. The molecule has 0 aromatic heterocycles. The number of nitrogens with zero attached hydrogens (tertiary/aromatic N) is 1. The van der Waals surface area contributed by atoms with Crippen LogP contribution in [0.25, 0.3) is 6.08 Å². The molecule has 17 heavy (non-hydrogen) atoms. The average molecular weight is 250 g/mol. The lowest BCUT2D eigenvalue weighted by atomic mass is 10.2. The molecule has 1 fully saturated rings. The van der Waals surface area contributed by atoms with Crippen molar-refractivity contribution in [1.29, 1.82) is 0 Å². The molecule has 5 heteroatoms. The molecule has 2 rings (SSSR count). The summed E-state index contributed by atoms with van der Waals surface area (Å²) in [7, 11) is 0. The molecule has 1 aromatic carbocycles. The van der Waals surface area contributed by atoms with E-state index >= 15 is 0 Å². The first-order valence-corrected chi connectivity index (χ1v) is 5.62. The Morgan fingerprint density at radius 3 is 2.88 bits per heavy atom. The van der Waals surface area contributed by atoms with E-state index in [0.717, 1.165) is 0 Å². The third-order valence-electron chi connectivity index (χ3n) is 2.44. The zero-order valence-corrected chi connectivity index (χ0v) is 10.1. The molecule has 1 aromatic rings. The SMILES string of the molecule is CCN1C(=O)/C(=C/c2cccc(F)c2)NC1=S. The predicted molar refractivity (Wildman–Crippen MR) is 67.5 cm³/mol. The van der Waals surface area contributed by atoms with Crippen molar-refractivity contribution in [1.82, 2.24) is 10.2 Å². The Labute approximate surface area is 104 Å². The Bertz CT molecular complexity index is 513. The number of benzene rings is 1. The minimum absolute atomic E-state index is 0.179. The van der Waals surface area contributed by atoms with Crippen molar-refractivity contribution in [3.63, 3.8) is 0 Å². The van der Waals surface area contributed by atoms with Crippen LogP contribution in [0.15, 0.2) is 30.0 Å². The van der Waals surface area contributed by atoms with Gasteiger partial charge in [-0.1, -0.05) is 12.1 Å². The Morgan fingerprint density at radius 2 is 2.29 bits per heavy atom. The largest absolute Gasteiger partial charge is 0.328 e. The van der Waals surface area contributed by atoms with Gasteiger partial charge in [0.25, 0.3) is 5.91 Å². The van der Waals surface area contributed by atoms with Gasteiger partial charge in [0, 0.05) is 6.54 Å². The number of rotatable bonds is 2. The van der Waals surface area contributed by atoms with Gasteiger partial charge in [-0.25, -0.2) is 4.39 Å². The average Bonchev–Trinajstić information content (AvgIpc) is 2.54. The van der Waals surface area contributed by atoms with Crippen molar-refractivity contribution in [3.05, 3.63) is 41.3 Å². The van der Waals surface area contributed by atoms with Crippen molar-refractivity contribution >= 4 is 29.3 Å². The topological polar surface area (TPSA) is 32.3 Å². The van der Waals surface area contributed by atoms with E-state index < -0.39 is 0 Å². The van der Waals surface area contributed by atoms with Crippen LogP contribution in [0.5, 0.6) is 0 Å². The summed E-state index contributed by atoms with van der Waals surface area (Å²) < 4.78 is 13.0. The van der Waals surface area contributed by atoms with Crippen LogP contribution in [0.2, 0.25) is 0 Å². The first kappa shape index (κ1) is 11.7. The Balaban J connectivity index is 2.30. The number of hydrogen-bond acceptors (Lipinski definition) is 2. The van der Waals surface area contributed by atoms with Crippen molar-refractivity contribution in [3.8, 4) is 0 Å². The normalized spacial score (nSPS) is 17.8. The summed E-state index contributed by atoms with van der Waals surface area (Å²) in [6.45, 7) is 2.36. The summed E-state index contributed by atoms with van der Waals surface area (Å²) in [6.07, 6.45) is 1.59. The number of carbonyl (C=O) groups excluding carboxylic acids is 1. The first-order valence-electron chi connectivity index (χ1n) is 5.22. The van der Waals surface area contributed by atoms with Gasteiger partial charge in [-0.2, -0.15) is 0 Å². The Morgan fingerprint density at radius 1 is 1.53 bits per heavy atom. The number of amides is 1. The van der Waals surface area contributed by atoms with E-state index in [-0.39, 0.29) is 11.7 Å². The third-order valence-corrected chi connectivity index (χ3v) is 2.76. The molecule has 0 saturated carbocycles. The van der Waals surface area contributed by atoms with Crippen molar-refractivity contribution in [2.45, 2.75) is 6.92 Å². The fourth-order valence-electron chi connectivity index (χ4n) is 1.62. The number of carbonyl (C=O) groups is 1. The van der Waals surface area contributed by atoms with Gasteiger partial charge in [0.15, 0.2) is 5.11 Å². The second-order valence-corrected chi connectivity index (χ2v) is 3.98. The fourth-order valence-corrected chi connectivity index (χ4v) is 1.94. The molecule has 0 aliphatic carbocycles. The highest BCUT2D eigenvalue weighted by Gasteiger charge is 2.28. The predicted octanol–water partition coefficient (Wildman–Crippen LogP) is 1.90. The summed E-state index contributed by atoms with van der Waals surface area (Å²) in [5.74, 6) is -0.513. The molecule has 0 bridgehead atoms. The molecule has 88 valence electrons. The molecule has 1 N–H and O–H groups in total. The van der Waals surface area contributed by atoms with Gasteiger partial charge in [0.2, 0.25) is 0 Å². The van der Waals surface area contributed by atoms with Crippen LogP contribution in [0.4, 0.5) is 4.39 Å². The summed E-state index contributed by atoms with van der Waals surface area (Å²) in [6, 6.07) is 6.04. The molecule has 1 aliphatic heterocycles. The quantitative estimate of drug-likeness (QED) is 0.643. The number of halogens is 1. The van der Waals surface area contributed by atoms with Crippen LogP contribution in [0, 0.1) is 5.82 Å². The van der Waals surface area contributed by atoms with Gasteiger partial charge in [-0.3, -0.25) is 9.69 Å². The van der Waals surface area contributed by atoms with Crippen molar-refractivity contribution < 1.29 is 9.18 Å². The van der Waals surface area contributed by atoms with Crippen LogP contribution < -0.4 is 5.32 Å². The summed E-state index contributed by atoms with van der Waals surface area (Å²) >= 11 is 5.01. The lowest BCUT2D eigenvalue weighted by Gasteiger charge is -2.08. The zero-order chi connectivity index (χ0) is 12.4. The molecule has 3 nitrogen and oxygen atoms in total. The fraction of sp³-hybridized carbons (Fsp3) is 0.167. The van der Waals surface area contributed by atoms with Gasteiger partial charge in [0.1, 0.15) is 11.5 Å². The third kappa shape index (κ3) is 2.34. The van der Waals surface area contributed by atoms with E-state index in [1.165, 1.54) is 17.0 Å². The maximum Gasteiger partial charge on any atom is 0.276 e. The molecule has 1 heterocycles. The molecular formula is C12H11FN2OS. The van der Waals surface area contributed by atoms with Crippen LogP contribution in [0.1, 0.15) is 12.5 Å². The highest BCUT2D eigenvalue weighted by molar-refractivity contribution is 7.80. The number of hydrogen-bond donors (Lipinski definition) is 1.